The van der Waals surface area contributed by atoms with Crippen LogP contribution in [0.4, 0.5) is 0 Å². The molecular weight excluding hydrogens is 152 g/mol. The van der Waals surface area contributed by atoms with E-state index in [1.54, 1.807) is 6.08 Å². The van der Waals surface area contributed by atoms with Gasteiger partial charge >= 0.3 is 5.97 Å². The van der Waals surface area contributed by atoms with E-state index in [0.717, 1.165) is 6.42 Å². The molecule has 0 amide bonds. The molecule has 0 radical (unpaired) electrons. The fourth-order valence-corrected chi connectivity index (χ4v) is 2.18. The van der Waals surface area contributed by atoms with Gasteiger partial charge in [-0.3, -0.25) is 0 Å². The summed E-state index contributed by atoms with van der Waals surface area (Å²) >= 11 is 0. The van der Waals surface area contributed by atoms with Crippen LogP contribution in [0, 0.1) is 5.41 Å². The third-order valence-corrected chi connectivity index (χ3v) is 2.93. The molecular formula is C10H14O2. The van der Waals surface area contributed by atoms with Crippen LogP contribution in [0.15, 0.2) is 11.6 Å². The predicted octanol–water partition coefficient (Wildman–Crippen LogP) is 2.05. The standard InChI is InChI=1S/C10H14O2/c1-10(2)5-3-4-8-7(10)6-9(11)12-8/h6,8H,3-5H2,1-2H3. The van der Waals surface area contributed by atoms with Crippen molar-refractivity contribution >= 4 is 5.97 Å². The van der Waals surface area contributed by atoms with Gasteiger partial charge in [0.2, 0.25) is 0 Å². The molecule has 1 heterocycles. The molecule has 1 saturated carbocycles. The fourth-order valence-electron chi connectivity index (χ4n) is 2.18. The van der Waals surface area contributed by atoms with Crippen LogP contribution in [-0.2, 0) is 9.53 Å². The lowest BCUT2D eigenvalue weighted by molar-refractivity contribution is -0.139. The second-order valence-electron chi connectivity index (χ2n) is 4.30. The Morgan fingerprint density at radius 3 is 3.00 bits per heavy atom. The van der Waals surface area contributed by atoms with Crippen molar-refractivity contribution in [2.24, 2.45) is 5.41 Å². The maximum absolute atomic E-state index is 11.0. The van der Waals surface area contributed by atoms with Crippen molar-refractivity contribution in [3.05, 3.63) is 11.6 Å². The Morgan fingerprint density at radius 1 is 1.58 bits per heavy atom. The van der Waals surface area contributed by atoms with Crippen molar-refractivity contribution in [2.45, 2.75) is 39.2 Å². The molecule has 2 heteroatoms. The monoisotopic (exact) mass is 166 g/mol. The minimum Gasteiger partial charge on any atom is -0.455 e. The zero-order valence-corrected chi connectivity index (χ0v) is 7.59. The van der Waals surface area contributed by atoms with Gasteiger partial charge < -0.3 is 4.74 Å². The Kier molecular flexibility index (Phi) is 1.53. The van der Waals surface area contributed by atoms with Crippen LogP contribution in [0.1, 0.15) is 33.1 Å². The zero-order valence-electron chi connectivity index (χ0n) is 7.59. The molecule has 12 heavy (non-hydrogen) atoms. The number of hydrogen-bond acceptors (Lipinski definition) is 2. The number of carbonyl (C=O) groups excluding carboxylic acids is 1. The molecule has 2 nitrogen and oxygen atoms in total. The lowest BCUT2D eigenvalue weighted by Gasteiger charge is -2.34. The van der Waals surface area contributed by atoms with Gasteiger partial charge in [-0.1, -0.05) is 13.8 Å². The molecule has 66 valence electrons. The molecule has 0 bridgehead atoms. The van der Waals surface area contributed by atoms with Gasteiger partial charge in [0.25, 0.3) is 0 Å². The van der Waals surface area contributed by atoms with Crippen LogP contribution in [0.25, 0.3) is 0 Å². The number of esters is 1. The van der Waals surface area contributed by atoms with Crippen molar-refractivity contribution in [1.29, 1.82) is 0 Å². The van der Waals surface area contributed by atoms with E-state index in [9.17, 15) is 4.79 Å². The first-order valence-electron chi connectivity index (χ1n) is 4.52. The van der Waals surface area contributed by atoms with E-state index in [4.69, 9.17) is 4.74 Å². The summed E-state index contributed by atoms with van der Waals surface area (Å²) in [5.74, 6) is -0.148. The highest BCUT2D eigenvalue weighted by Crippen LogP contribution is 2.43. The summed E-state index contributed by atoms with van der Waals surface area (Å²) in [6, 6.07) is 0. The van der Waals surface area contributed by atoms with Crippen LogP contribution >= 0.6 is 0 Å². The Hall–Kier alpha value is -0.790. The average molecular weight is 166 g/mol. The molecule has 0 aromatic heterocycles. The van der Waals surface area contributed by atoms with Crippen molar-refractivity contribution < 1.29 is 9.53 Å². The first-order chi connectivity index (χ1) is 5.59. The van der Waals surface area contributed by atoms with E-state index >= 15 is 0 Å². The van der Waals surface area contributed by atoms with Gasteiger partial charge in [0, 0.05) is 6.08 Å². The lowest BCUT2D eigenvalue weighted by Crippen LogP contribution is -2.28. The van der Waals surface area contributed by atoms with E-state index in [1.165, 1.54) is 18.4 Å². The summed E-state index contributed by atoms with van der Waals surface area (Å²) in [4.78, 5) is 11.0. The smallest absolute Gasteiger partial charge is 0.331 e. The van der Waals surface area contributed by atoms with Gasteiger partial charge in [0.15, 0.2) is 0 Å². The molecule has 0 spiro atoms. The molecule has 1 unspecified atom stereocenters. The van der Waals surface area contributed by atoms with Crippen LogP contribution in [0.5, 0.6) is 0 Å². The number of ether oxygens (including phenoxy) is 1. The van der Waals surface area contributed by atoms with Crippen LogP contribution in [0.2, 0.25) is 0 Å². The zero-order chi connectivity index (χ0) is 8.77. The summed E-state index contributed by atoms with van der Waals surface area (Å²) in [5, 5.41) is 0. The van der Waals surface area contributed by atoms with Crippen molar-refractivity contribution in [1.82, 2.24) is 0 Å². The summed E-state index contributed by atoms with van der Waals surface area (Å²) in [5.41, 5.74) is 1.38. The molecule has 0 aromatic rings. The predicted molar refractivity (Wildman–Crippen MR) is 45.6 cm³/mol. The maximum Gasteiger partial charge on any atom is 0.331 e. The van der Waals surface area contributed by atoms with Crippen molar-refractivity contribution in [2.75, 3.05) is 0 Å². The Balaban J connectivity index is 2.32. The highest BCUT2D eigenvalue weighted by molar-refractivity contribution is 5.86. The molecule has 1 fully saturated rings. The first-order valence-corrected chi connectivity index (χ1v) is 4.52. The number of fused-ring (bicyclic) bond motifs is 1. The van der Waals surface area contributed by atoms with Crippen LogP contribution in [-0.4, -0.2) is 12.1 Å². The minimum atomic E-state index is -0.148. The summed E-state index contributed by atoms with van der Waals surface area (Å²) in [6.45, 7) is 4.37. The molecule has 1 atom stereocenters. The van der Waals surface area contributed by atoms with Gasteiger partial charge in [-0.05, 0) is 30.3 Å². The second kappa shape index (κ2) is 2.35. The molecule has 2 aliphatic rings. The summed E-state index contributed by atoms with van der Waals surface area (Å²) < 4.78 is 5.17. The SMILES string of the molecule is CC1(C)CCCC2OC(=O)C=C21. The van der Waals surface area contributed by atoms with Gasteiger partial charge in [0.05, 0.1) is 0 Å². The third-order valence-electron chi connectivity index (χ3n) is 2.93. The minimum absolute atomic E-state index is 0.0984. The summed E-state index contributed by atoms with van der Waals surface area (Å²) in [7, 11) is 0. The Bertz CT molecular complexity index is 251. The van der Waals surface area contributed by atoms with Crippen molar-refractivity contribution in [3.8, 4) is 0 Å². The Labute approximate surface area is 72.6 Å². The lowest BCUT2D eigenvalue weighted by atomic mass is 9.72. The van der Waals surface area contributed by atoms with E-state index in [-0.39, 0.29) is 17.5 Å². The molecule has 1 aliphatic heterocycles. The first kappa shape index (κ1) is 7.84. The molecule has 2 rings (SSSR count). The fraction of sp³-hybridized carbons (Fsp3) is 0.700. The van der Waals surface area contributed by atoms with Gasteiger partial charge in [-0.2, -0.15) is 0 Å². The van der Waals surface area contributed by atoms with E-state index in [0.29, 0.717) is 0 Å². The summed E-state index contributed by atoms with van der Waals surface area (Å²) in [6.07, 6.45) is 5.14. The van der Waals surface area contributed by atoms with Crippen molar-refractivity contribution in [3.63, 3.8) is 0 Å². The molecule has 0 aromatic carbocycles. The Morgan fingerprint density at radius 2 is 2.33 bits per heavy atom. The van der Waals surface area contributed by atoms with Gasteiger partial charge in [-0.25, -0.2) is 4.79 Å². The van der Waals surface area contributed by atoms with E-state index in [1.807, 2.05) is 0 Å². The number of carbonyl (C=O) groups is 1. The molecule has 0 saturated heterocycles. The van der Waals surface area contributed by atoms with Crippen LogP contribution < -0.4 is 0 Å². The van der Waals surface area contributed by atoms with Crippen LogP contribution in [0.3, 0.4) is 0 Å². The quantitative estimate of drug-likeness (QED) is 0.515. The number of hydrogen-bond donors (Lipinski definition) is 0. The third kappa shape index (κ3) is 1.06. The second-order valence-corrected chi connectivity index (χ2v) is 4.30. The molecule has 1 aliphatic carbocycles. The largest absolute Gasteiger partial charge is 0.455 e. The maximum atomic E-state index is 11.0. The highest BCUT2D eigenvalue weighted by Gasteiger charge is 2.39. The number of rotatable bonds is 0. The van der Waals surface area contributed by atoms with Gasteiger partial charge in [0.1, 0.15) is 6.10 Å². The van der Waals surface area contributed by atoms with E-state index < -0.39 is 0 Å². The highest BCUT2D eigenvalue weighted by atomic mass is 16.5. The topological polar surface area (TPSA) is 26.3 Å². The average Bonchev–Trinajstić information content (AvgIpc) is 2.30. The van der Waals surface area contributed by atoms with Gasteiger partial charge in [-0.15, -0.1) is 0 Å². The molecule has 0 N–H and O–H groups in total. The normalized spacial score (nSPS) is 32.3. The van der Waals surface area contributed by atoms with E-state index in [2.05, 4.69) is 13.8 Å².